The molecule has 1 aliphatic heterocycles. The van der Waals surface area contributed by atoms with Crippen LogP contribution in [0.3, 0.4) is 0 Å². The Morgan fingerprint density at radius 1 is 1.15 bits per heavy atom. The van der Waals surface area contributed by atoms with Crippen LogP contribution in [0.4, 0.5) is 11.4 Å². The molecule has 2 aromatic carbocycles. The average molecular weight is 408 g/mol. The second-order valence-corrected chi connectivity index (χ2v) is 6.99. The molecule has 144 valence electrons. The lowest BCUT2D eigenvalue weighted by atomic mass is 10.0. The number of hydrogen-bond acceptors (Lipinski definition) is 3. The Balaban J connectivity index is 0.00000261. The van der Waals surface area contributed by atoms with Gasteiger partial charge in [0.1, 0.15) is 0 Å². The molecule has 1 fully saturated rings. The lowest BCUT2D eigenvalue weighted by molar-refractivity contribution is 0.0635. The SMILES string of the molecule is CC1CCCCN1C(=O)c1ccc(NC(=O)c2ccccc2N)cc1Cl.Cl. The first-order valence-electron chi connectivity index (χ1n) is 8.73. The van der Waals surface area contributed by atoms with Crippen LogP contribution in [0, 0.1) is 0 Å². The number of para-hydroxylation sites is 1. The number of likely N-dealkylation sites (tertiary alicyclic amines) is 1. The Hall–Kier alpha value is -2.24. The number of nitrogen functional groups attached to an aromatic ring is 1. The Labute approximate surface area is 170 Å². The number of rotatable bonds is 3. The summed E-state index contributed by atoms with van der Waals surface area (Å²) in [5.41, 5.74) is 7.60. The van der Waals surface area contributed by atoms with E-state index in [0.29, 0.717) is 27.5 Å². The van der Waals surface area contributed by atoms with Crippen molar-refractivity contribution in [2.45, 2.75) is 32.2 Å². The summed E-state index contributed by atoms with van der Waals surface area (Å²) in [6, 6.07) is 12.0. The highest BCUT2D eigenvalue weighted by Gasteiger charge is 2.25. The molecule has 1 unspecified atom stereocenters. The second kappa shape index (κ2) is 9.11. The van der Waals surface area contributed by atoms with E-state index in [0.717, 1.165) is 25.8 Å². The molecule has 1 aliphatic rings. The predicted molar refractivity (Wildman–Crippen MR) is 112 cm³/mol. The highest BCUT2D eigenvalue weighted by molar-refractivity contribution is 6.34. The van der Waals surface area contributed by atoms with Gasteiger partial charge in [0.2, 0.25) is 0 Å². The topological polar surface area (TPSA) is 75.4 Å². The number of piperidine rings is 1. The molecule has 5 nitrogen and oxygen atoms in total. The van der Waals surface area contributed by atoms with Crippen LogP contribution < -0.4 is 11.1 Å². The third-order valence-corrected chi connectivity index (χ3v) is 5.04. The number of halogens is 2. The monoisotopic (exact) mass is 407 g/mol. The number of nitrogens with one attached hydrogen (secondary N) is 1. The van der Waals surface area contributed by atoms with Crippen molar-refractivity contribution in [3.8, 4) is 0 Å². The van der Waals surface area contributed by atoms with Gasteiger partial charge in [0, 0.05) is 24.0 Å². The van der Waals surface area contributed by atoms with Crippen LogP contribution in [0.25, 0.3) is 0 Å². The van der Waals surface area contributed by atoms with Crippen LogP contribution in [0.1, 0.15) is 46.9 Å². The summed E-state index contributed by atoms with van der Waals surface area (Å²) >= 11 is 6.33. The highest BCUT2D eigenvalue weighted by Crippen LogP contribution is 2.26. The standard InChI is InChI=1S/C20H22ClN3O2.ClH/c1-13-6-4-5-11-24(13)20(26)15-10-9-14(12-17(15)21)23-19(25)16-7-2-3-8-18(16)22;/h2-3,7-10,12-13H,4-6,11,22H2,1H3,(H,23,25);1H. The van der Waals surface area contributed by atoms with Crippen LogP contribution >= 0.6 is 24.0 Å². The molecular formula is C20H23Cl2N3O2. The number of anilines is 2. The van der Waals surface area contributed by atoms with E-state index in [1.54, 1.807) is 42.5 Å². The zero-order valence-electron chi connectivity index (χ0n) is 15.1. The van der Waals surface area contributed by atoms with Crippen molar-refractivity contribution in [2.75, 3.05) is 17.6 Å². The molecule has 2 aromatic rings. The van der Waals surface area contributed by atoms with Crippen molar-refractivity contribution >= 4 is 47.2 Å². The summed E-state index contributed by atoms with van der Waals surface area (Å²) in [5, 5.41) is 3.09. The number of carbonyl (C=O) groups is 2. The van der Waals surface area contributed by atoms with Crippen molar-refractivity contribution in [2.24, 2.45) is 0 Å². The van der Waals surface area contributed by atoms with Crippen molar-refractivity contribution in [1.29, 1.82) is 0 Å². The van der Waals surface area contributed by atoms with E-state index >= 15 is 0 Å². The molecule has 3 rings (SSSR count). The lowest BCUT2D eigenvalue weighted by Gasteiger charge is -2.33. The maximum atomic E-state index is 12.8. The Morgan fingerprint density at radius 3 is 2.56 bits per heavy atom. The Morgan fingerprint density at radius 2 is 1.89 bits per heavy atom. The van der Waals surface area contributed by atoms with E-state index in [1.165, 1.54) is 0 Å². The number of carbonyl (C=O) groups excluding carboxylic acids is 2. The van der Waals surface area contributed by atoms with Crippen LogP contribution in [0.5, 0.6) is 0 Å². The third-order valence-electron chi connectivity index (χ3n) is 4.73. The quantitative estimate of drug-likeness (QED) is 0.729. The van der Waals surface area contributed by atoms with Crippen LogP contribution in [-0.2, 0) is 0 Å². The molecule has 0 bridgehead atoms. The number of benzene rings is 2. The first-order chi connectivity index (χ1) is 12.5. The first-order valence-corrected chi connectivity index (χ1v) is 9.11. The van der Waals surface area contributed by atoms with Gasteiger partial charge in [-0.2, -0.15) is 0 Å². The summed E-state index contributed by atoms with van der Waals surface area (Å²) in [4.78, 5) is 27.0. The van der Waals surface area contributed by atoms with E-state index < -0.39 is 0 Å². The molecule has 0 radical (unpaired) electrons. The van der Waals surface area contributed by atoms with Crippen LogP contribution in [0.2, 0.25) is 5.02 Å². The second-order valence-electron chi connectivity index (χ2n) is 6.58. The fourth-order valence-corrected chi connectivity index (χ4v) is 3.48. The van der Waals surface area contributed by atoms with E-state index in [-0.39, 0.29) is 30.3 Å². The zero-order chi connectivity index (χ0) is 18.7. The molecule has 0 spiro atoms. The summed E-state index contributed by atoms with van der Waals surface area (Å²) < 4.78 is 0. The number of nitrogens with zero attached hydrogens (tertiary/aromatic N) is 1. The minimum atomic E-state index is -0.317. The number of nitrogens with two attached hydrogens (primary N) is 1. The van der Waals surface area contributed by atoms with E-state index in [9.17, 15) is 9.59 Å². The fourth-order valence-electron chi connectivity index (χ4n) is 3.22. The van der Waals surface area contributed by atoms with Gasteiger partial charge < -0.3 is 16.0 Å². The van der Waals surface area contributed by atoms with E-state index in [2.05, 4.69) is 12.2 Å². The molecule has 3 N–H and O–H groups in total. The number of hydrogen-bond donors (Lipinski definition) is 2. The van der Waals surface area contributed by atoms with Gasteiger partial charge in [-0.25, -0.2) is 0 Å². The Bertz CT molecular complexity index is 842. The van der Waals surface area contributed by atoms with Crippen molar-refractivity contribution in [3.63, 3.8) is 0 Å². The smallest absolute Gasteiger partial charge is 0.257 e. The number of amides is 2. The zero-order valence-corrected chi connectivity index (χ0v) is 16.6. The van der Waals surface area contributed by atoms with E-state index in [1.807, 2.05) is 4.90 Å². The van der Waals surface area contributed by atoms with Crippen molar-refractivity contribution in [3.05, 3.63) is 58.6 Å². The predicted octanol–water partition coefficient (Wildman–Crippen LogP) is 4.61. The minimum absolute atomic E-state index is 0. The third kappa shape index (κ3) is 4.73. The van der Waals surface area contributed by atoms with Gasteiger partial charge in [-0.05, 0) is 56.5 Å². The molecule has 27 heavy (non-hydrogen) atoms. The fraction of sp³-hybridized carbons (Fsp3) is 0.300. The van der Waals surface area contributed by atoms with Gasteiger partial charge >= 0.3 is 0 Å². The van der Waals surface area contributed by atoms with Crippen molar-refractivity contribution in [1.82, 2.24) is 4.90 Å². The van der Waals surface area contributed by atoms with Crippen LogP contribution in [0.15, 0.2) is 42.5 Å². The van der Waals surface area contributed by atoms with E-state index in [4.69, 9.17) is 17.3 Å². The van der Waals surface area contributed by atoms with Gasteiger partial charge in [0.25, 0.3) is 11.8 Å². The molecule has 1 heterocycles. The molecule has 0 aliphatic carbocycles. The van der Waals surface area contributed by atoms with Crippen LogP contribution in [-0.4, -0.2) is 29.3 Å². The largest absolute Gasteiger partial charge is 0.398 e. The van der Waals surface area contributed by atoms with Crippen molar-refractivity contribution < 1.29 is 9.59 Å². The molecular weight excluding hydrogens is 385 g/mol. The highest BCUT2D eigenvalue weighted by atomic mass is 35.5. The maximum Gasteiger partial charge on any atom is 0.257 e. The first kappa shape index (κ1) is 21.1. The molecule has 1 saturated heterocycles. The maximum absolute atomic E-state index is 12.8. The minimum Gasteiger partial charge on any atom is -0.398 e. The average Bonchev–Trinajstić information content (AvgIpc) is 2.62. The lowest BCUT2D eigenvalue weighted by Crippen LogP contribution is -2.42. The molecule has 0 aromatic heterocycles. The normalized spacial score (nSPS) is 16.4. The van der Waals surface area contributed by atoms with Gasteiger partial charge in [-0.1, -0.05) is 23.7 Å². The van der Waals surface area contributed by atoms with Gasteiger partial charge in [0.15, 0.2) is 0 Å². The summed E-state index contributed by atoms with van der Waals surface area (Å²) in [7, 11) is 0. The van der Waals surface area contributed by atoms with Gasteiger partial charge in [0.05, 0.1) is 16.1 Å². The molecule has 0 saturated carbocycles. The van der Waals surface area contributed by atoms with Gasteiger partial charge in [-0.15, -0.1) is 12.4 Å². The summed E-state index contributed by atoms with van der Waals surface area (Å²) in [5.74, 6) is -0.379. The van der Waals surface area contributed by atoms with Gasteiger partial charge in [-0.3, -0.25) is 9.59 Å². The molecule has 1 atom stereocenters. The summed E-state index contributed by atoms with van der Waals surface area (Å²) in [6.45, 7) is 2.81. The molecule has 7 heteroatoms. The summed E-state index contributed by atoms with van der Waals surface area (Å²) in [6.07, 6.45) is 3.17. The Kier molecular flexibility index (Phi) is 7.11. The molecule has 2 amide bonds.